The lowest BCUT2D eigenvalue weighted by molar-refractivity contribution is 0.195. The van der Waals surface area contributed by atoms with Gasteiger partial charge in [-0.2, -0.15) is 0 Å². The topological polar surface area (TPSA) is 0 Å². The van der Waals surface area contributed by atoms with Crippen LogP contribution in [0.5, 0.6) is 0 Å². The number of hydrogen-bond acceptors (Lipinski definition) is 0. The lowest BCUT2D eigenvalue weighted by Crippen LogP contribution is -2.22. The second-order valence-electron chi connectivity index (χ2n) is 5.49. The maximum atomic E-state index is 2.55. The van der Waals surface area contributed by atoms with Crippen molar-refractivity contribution in [3.8, 4) is 0 Å². The highest BCUT2D eigenvalue weighted by Gasteiger charge is 2.92. The molecule has 0 amide bonds. The Balaban J connectivity index is 2.07. The molecule has 0 saturated heterocycles. The Hall–Kier alpha value is 0. The van der Waals surface area contributed by atoms with Crippen molar-refractivity contribution in [3.05, 3.63) is 0 Å². The van der Waals surface area contributed by atoms with Crippen molar-refractivity contribution in [1.82, 2.24) is 0 Å². The molecular weight excluding hydrogens is 120 g/mol. The summed E-state index contributed by atoms with van der Waals surface area (Å²) in [5.41, 5.74) is 1.79. The van der Waals surface area contributed by atoms with Crippen LogP contribution < -0.4 is 0 Å². The van der Waals surface area contributed by atoms with Gasteiger partial charge in [0.05, 0.1) is 0 Å². The van der Waals surface area contributed by atoms with Gasteiger partial charge in [-0.15, -0.1) is 0 Å². The summed E-state index contributed by atoms with van der Waals surface area (Å²) >= 11 is 0. The van der Waals surface area contributed by atoms with Gasteiger partial charge in [-0.1, -0.05) is 13.8 Å². The third-order valence-corrected chi connectivity index (χ3v) is 5.94. The van der Waals surface area contributed by atoms with Crippen molar-refractivity contribution < 1.29 is 0 Å². The molecule has 0 aromatic carbocycles. The Kier molecular flexibility index (Phi) is 0.408. The molecule has 10 heavy (non-hydrogen) atoms. The second kappa shape index (κ2) is 0.852. The second-order valence-corrected chi connectivity index (χ2v) is 5.49. The predicted molar refractivity (Wildman–Crippen MR) is 39.4 cm³/mol. The molecule has 0 aliphatic heterocycles. The van der Waals surface area contributed by atoms with E-state index in [4.69, 9.17) is 0 Å². The molecule has 6 atom stereocenters. The fourth-order valence-corrected chi connectivity index (χ4v) is 5.35. The SMILES string of the molecule is CC1C2(C)CC3C4C2CC341. The lowest BCUT2D eigenvalue weighted by Gasteiger charge is -2.29. The van der Waals surface area contributed by atoms with Gasteiger partial charge in [0.2, 0.25) is 0 Å². The van der Waals surface area contributed by atoms with Crippen molar-refractivity contribution in [2.24, 2.45) is 34.5 Å². The van der Waals surface area contributed by atoms with Gasteiger partial charge >= 0.3 is 0 Å². The Labute approximate surface area is 62.0 Å². The Morgan fingerprint density at radius 3 is 2.10 bits per heavy atom. The zero-order valence-electron chi connectivity index (χ0n) is 6.72. The van der Waals surface area contributed by atoms with Crippen LogP contribution in [-0.2, 0) is 0 Å². The number of rotatable bonds is 0. The molecule has 0 N–H and O–H groups in total. The van der Waals surface area contributed by atoms with Crippen molar-refractivity contribution in [2.45, 2.75) is 26.7 Å². The predicted octanol–water partition coefficient (Wildman–Crippen LogP) is 2.30. The van der Waals surface area contributed by atoms with Crippen LogP contribution in [0.3, 0.4) is 0 Å². The van der Waals surface area contributed by atoms with E-state index in [0.29, 0.717) is 0 Å². The van der Waals surface area contributed by atoms with Gasteiger partial charge in [-0.05, 0) is 47.3 Å². The molecule has 0 nitrogen and oxygen atoms in total. The average Bonchev–Trinajstić information content (AvgIpc) is 2.13. The molecule has 5 bridgehead atoms. The van der Waals surface area contributed by atoms with Gasteiger partial charge in [0.1, 0.15) is 0 Å². The zero-order valence-corrected chi connectivity index (χ0v) is 6.72. The van der Waals surface area contributed by atoms with Crippen LogP contribution in [0.15, 0.2) is 0 Å². The van der Waals surface area contributed by atoms with Crippen LogP contribution >= 0.6 is 0 Å². The monoisotopic (exact) mass is 134 g/mol. The van der Waals surface area contributed by atoms with Crippen LogP contribution in [0.25, 0.3) is 0 Å². The molecule has 0 aromatic heterocycles. The van der Waals surface area contributed by atoms with Crippen molar-refractivity contribution in [3.63, 3.8) is 0 Å². The minimum atomic E-state index is 0.829. The highest BCUT2D eigenvalue weighted by atomic mass is 15.0. The van der Waals surface area contributed by atoms with Crippen LogP contribution in [-0.4, -0.2) is 0 Å². The third-order valence-electron chi connectivity index (χ3n) is 5.94. The largest absolute Gasteiger partial charge is 0.0614 e. The molecule has 0 heterocycles. The Morgan fingerprint density at radius 2 is 2.00 bits per heavy atom. The van der Waals surface area contributed by atoms with Gasteiger partial charge < -0.3 is 0 Å². The van der Waals surface area contributed by atoms with E-state index in [9.17, 15) is 0 Å². The summed E-state index contributed by atoms with van der Waals surface area (Å²) in [5, 5.41) is 0. The van der Waals surface area contributed by atoms with Crippen LogP contribution in [0.2, 0.25) is 0 Å². The fraction of sp³-hybridized carbons (Fsp3) is 1.00. The Bertz CT molecular complexity index is 238. The van der Waals surface area contributed by atoms with Crippen molar-refractivity contribution >= 4 is 0 Å². The first-order valence-corrected chi connectivity index (χ1v) is 4.71. The summed E-state index contributed by atoms with van der Waals surface area (Å²) in [4.78, 5) is 0. The van der Waals surface area contributed by atoms with Gasteiger partial charge in [0, 0.05) is 0 Å². The molecule has 0 heteroatoms. The fourth-order valence-electron chi connectivity index (χ4n) is 5.35. The highest BCUT2D eigenvalue weighted by Crippen LogP contribution is 2.98. The quantitative estimate of drug-likeness (QED) is 0.477. The molecule has 6 aliphatic rings. The van der Waals surface area contributed by atoms with Gasteiger partial charge in [-0.25, -0.2) is 0 Å². The van der Waals surface area contributed by atoms with Crippen LogP contribution in [0.4, 0.5) is 0 Å². The van der Waals surface area contributed by atoms with E-state index in [2.05, 4.69) is 13.8 Å². The molecule has 6 fully saturated rings. The van der Waals surface area contributed by atoms with E-state index in [1.807, 2.05) is 0 Å². The molecule has 1 spiro atoms. The third kappa shape index (κ3) is 0.185. The number of hydrogen-bond donors (Lipinski definition) is 0. The van der Waals surface area contributed by atoms with Gasteiger partial charge in [-0.3, -0.25) is 0 Å². The summed E-state index contributed by atoms with van der Waals surface area (Å²) in [6.45, 7) is 5.07. The molecule has 6 unspecified atom stereocenters. The maximum absolute atomic E-state index is 2.55. The first-order chi connectivity index (χ1) is 4.71. The van der Waals surface area contributed by atoms with E-state index in [-0.39, 0.29) is 0 Å². The van der Waals surface area contributed by atoms with Crippen molar-refractivity contribution in [2.75, 3.05) is 0 Å². The summed E-state index contributed by atoms with van der Waals surface area (Å²) in [5.74, 6) is 4.75. The minimum Gasteiger partial charge on any atom is -0.0614 e. The van der Waals surface area contributed by atoms with E-state index < -0.39 is 0 Å². The summed E-state index contributed by atoms with van der Waals surface area (Å²) in [7, 11) is 0. The summed E-state index contributed by atoms with van der Waals surface area (Å²) in [6.07, 6.45) is 3.23. The summed E-state index contributed by atoms with van der Waals surface area (Å²) < 4.78 is 0. The first kappa shape index (κ1) is 4.79. The van der Waals surface area contributed by atoms with E-state index in [1.54, 1.807) is 12.8 Å². The summed E-state index contributed by atoms with van der Waals surface area (Å²) in [6, 6.07) is 0. The lowest BCUT2D eigenvalue weighted by atomic mass is 9.76. The zero-order chi connectivity index (χ0) is 6.72. The molecule has 0 radical (unpaired) electrons. The first-order valence-electron chi connectivity index (χ1n) is 4.71. The normalized spacial score (nSPS) is 87.0. The highest BCUT2D eigenvalue weighted by molar-refractivity contribution is 5.40. The molecule has 6 rings (SSSR count). The van der Waals surface area contributed by atoms with E-state index >= 15 is 0 Å². The van der Waals surface area contributed by atoms with Gasteiger partial charge in [0.15, 0.2) is 0 Å². The molecule has 6 saturated carbocycles. The average molecular weight is 134 g/mol. The van der Waals surface area contributed by atoms with Crippen LogP contribution in [0.1, 0.15) is 26.7 Å². The molecular formula is C10H14. The standard InChI is InChI=1S/C10H14/c1-5-9(2)3-7-8-6(9)4-10(5,7)8/h5-8H,3-4H2,1-2H3. The van der Waals surface area contributed by atoms with E-state index in [1.165, 1.54) is 17.8 Å². The Morgan fingerprint density at radius 1 is 1.20 bits per heavy atom. The van der Waals surface area contributed by atoms with Crippen LogP contribution in [0, 0.1) is 34.5 Å². The molecule has 6 aliphatic carbocycles. The van der Waals surface area contributed by atoms with E-state index in [0.717, 1.165) is 16.7 Å². The van der Waals surface area contributed by atoms with Gasteiger partial charge in [0.25, 0.3) is 0 Å². The molecule has 54 valence electrons. The van der Waals surface area contributed by atoms with Crippen molar-refractivity contribution in [1.29, 1.82) is 0 Å². The maximum Gasteiger partial charge on any atom is -0.0198 e. The minimum absolute atomic E-state index is 0.829. The smallest absolute Gasteiger partial charge is 0.0198 e. The molecule has 0 aromatic rings.